The van der Waals surface area contributed by atoms with Crippen LogP contribution in [0.5, 0.6) is 0 Å². The highest BCUT2D eigenvalue weighted by Crippen LogP contribution is 2.28. The SMILES string of the molecule is Cc1ccc(CN2CCN(C(=O)c3noc4c3CC(C)CC4)CC2)cc1. The molecule has 1 aliphatic heterocycles. The van der Waals surface area contributed by atoms with Crippen LogP contribution in [0.25, 0.3) is 0 Å². The zero-order chi connectivity index (χ0) is 18.1. The van der Waals surface area contributed by atoms with Crippen molar-refractivity contribution in [3.63, 3.8) is 0 Å². The van der Waals surface area contributed by atoms with E-state index in [2.05, 4.69) is 48.2 Å². The summed E-state index contributed by atoms with van der Waals surface area (Å²) in [5.74, 6) is 1.56. The molecule has 2 aromatic rings. The average molecular weight is 353 g/mol. The van der Waals surface area contributed by atoms with E-state index in [4.69, 9.17) is 4.52 Å². The number of hydrogen-bond acceptors (Lipinski definition) is 4. The van der Waals surface area contributed by atoms with Crippen LogP contribution in [0.1, 0.15) is 46.3 Å². The van der Waals surface area contributed by atoms with E-state index in [0.717, 1.165) is 63.3 Å². The fourth-order valence-corrected chi connectivity index (χ4v) is 3.96. The molecule has 1 atom stereocenters. The zero-order valence-electron chi connectivity index (χ0n) is 15.7. The lowest BCUT2D eigenvalue weighted by Gasteiger charge is -2.34. The minimum absolute atomic E-state index is 0.0408. The van der Waals surface area contributed by atoms with Crippen molar-refractivity contribution in [2.24, 2.45) is 5.92 Å². The summed E-state index contributed by atoms with van der Waals surface area (Å²) >= 11 is 0. The van der Waals surface area contributed by atoms with Gasteiger partial charge in [-0.2, -0.15) is 0 Å². The van der Waals surface area contributed by atoms with E-state index in [1.807, 2.05) is 4.90 Å². The van der Waals surface area contributed by atoms with Crippen molar-refractivity contribution < 1.29 is 9.32 Å². The molecule has 1 amide bonds. The first kappa shape index (κ1) is 17.3. The number of hydrogen-bond donors (Lipinski definition) is 0. The molecule has 5 nitrogen and oxygen atoms in total. The predicted octanol–water partition coefficient (Wildman–Crippen LogP) is 3.07. The van der Waals surface area contributed by atoms with Gasteiger partial charge in [0.1, 0.15) is 5.76 Å². The van der Waals surface area contributed by atoms with E-state index >= 15 is 0 Å². The summed E-state index contributed by atoms with van der Waals surface area (Å²) in [6.45, 7) is 8.58. The van der Waals surface area contributed by atoms with E-state index in [-0.39, 0.29) is 5.91 Å². The second-order valence-corrected chi connectivity index (χ2v) is 7.83. The van der Waals surface area contributed by atoms with Crippen LogP contribution < -0.4 is 0 Å². The number of benzene rings is 1. The third kappa shape index (κ3) is 3.54. The molecular formula is C21H27N3O2. The van der Waals surface area contributed by atoms with Gasteiger partial charge >= 0.3 is 0 Å². The summed E-state index contributed by atoms with van der Waals surface area (Å²) < 4.78 is 5.45. The topological polar surface area (TPSA) is 49.6 Å². The van der Waals surface area contributed by atoms with Gasteiger partial charge in [-0.25, -0.2) is 0 Å². The Bertz CT molecular complexity index is 773. The molecule has 1 aromatic heterocycles. The Kier molecular flexibility index (Phi) is 4.81. The summed E-state index contributed by atoms with van der Waals surface area (Å²) in [6.07, 6.45) is 2.93. The van der Waals surface area contributed by atoms with Gasteiger partial charge in [-0.1, -0.05) is 41.9 Å². The Morgan fingerprint density at radius 2 is 1.92 bits per heavy atom. The molecule has 2 heterocycles. The summed E-state index contributed by atoms with van der Waals surface area (Å²) in [5, 5.41) is 4.12. The maximum atomic E-state index is 12.9. The van der Waals surface area contributed by atoms with Crippen molar-refractivity contribution >= 4 is 5.91 Å². The first-order valence-corrected chi connectivity index (χ1v) is 9.65. The smallest absolute Gasteiger partial charge is 0.276 e. The quantitative estimate of drug-likeness (QED) is 0.851. The van der Waals surface area contributed by atoms with Crippen LogP contribution in [-0.2, 0) is 19.4 Å². The van der Waals surface area contributed by atoms with Crippen LogP contribution >= 0.6 is 0 Å². The highest BCUT2D eigenvalue weighted by molar-refractivity contribution is 5.94. The zero-order valence-corrected chi connectivity index (χ0v) is 15.7. The van der Waals surface area contributed by atoms with E-state index in [0.29, 0.717) is 11.6 Å². The van der Waals surface area contributed by atoms with Crippen molar-refractivity contribution in [1.82, 2.24) is 15.0 Å². The van der Waals surface area contributed by atoms with Gasteiger partial charge in [0.2, 0.25) is 0 Å². The molecule has 0 saturated carbocycles. The first-order chi connectivity index (χ1) is 12.6. The van der Waals surface area contributed by atoms with Crippen LogP contribution in [0.15, 0.2) is 28.8 Å². The van der Waals surface area contributed by atoms with Crippen molar-refractivity contribution in [3.8, 4) is 0 Å². The van der Waals surface area contributed by atoms with Crippen molar-refractivity contribution in [3.05, 3.63) is 52.4 Å². The maximum Gasteiger partial charge on any atom is 0.276 e. The van der Waals surface area contributed by atoms with Gasteiger partial charge < -0.3 is 9.42 Å². The van der Waals surface area contributed by atoms with Gasteiger partial charge in [0.05, 0.1) is 0 Å². The number of aromatic nitrogens is 1. The summed E-state index contributed by atoms with van der Waals surface area (Å²) in [6, 6.07) is 8.69. The summed E-state index contributed by atoms with van der Waals surface area (Å²) in [5.41, 5.74) is 4.22. The molecule has 5 heteroatoms. The molecule has 2 aliphatic rings. The Morgan fingerprint density at radius 3 is 2.65 bits per heavy atom. The highest BCUT2D eigenvalue weighted by Gasteiger charge is 2.30. The minimum Gasteiger partial charge on any atom is -0.360 e. The van der Waals surface area contributed by atoms with E-state index < -0.39 is 0 Å². The molecule has 1 fully saturated rings. The third-order valence-corrected chi connectivity index (χ3v) is 5.68. The van der Waals surface area contributed by atoms with E-state index in [1.165, 1.54) is 11.1 Å². The molecule has 0 N–H and O–H groups in total. The molecule has 1 unspecified atom stereocenters. The monoisotopic (exact) mass is 353 g/mol. The van der Waals surface area contributed by atoms with Crippen molar-refractivity contribution in [1.29, 1.82) is 0 Å². The Hall–Kier alpha value is -2.14. The van der Waals surface area contributed by atoms with Crippen molar-refractivity contribution in [2.75, 3.05) is 26.2 Å². The Balaban J connectivity index is 1.37. The van der Waals surface area contributed by atoms with Crippen molar-refractivity contribution in [2.45, 2.75) is 39.7 Å². The molecule has 4 rings (SSSR count). The average Bonchev–Trinajstić information content (AvgIpc) is 3.06. The molecule has 26 heavy (non-hydrogen) atoms. The second kappa shape index (κ2) is 7.23. The van der Waals surface area contributed by atoms with E-state index in [1.54, 1.807) is 0 Å². The lowest BCUT2D eigenvalue weighted by molar-refractivity contribution is 0.0617. The minimum atomic E-state index is 0.0408. The lowest BCUT2D eigenvalue weighted by Crippen LogP contribution is -2.48. The molecule has 0 radical (unpaired) electrons. The number of nitrogens with zero attached hydrogens (tertiary/aromatic N) is 3. The molecule has 1 aromatic carbocycles. The third-order valence-electron chi connectivity index (χ3n) is 5.68. The van der Waals surface area contributed by atoms with Gasteiger partial charge in [0.25, 0.3) is 5.91 Å². The first-order valence-electron chi connectivity index (χ1n) is 9.65. The van der Waals surface area contributed by atoms with Crippen LogP contribution in [0.2, 0.25) is 0 Å². The van der Waals surface area contributed by atoms with Crippen LogP contribution in [0, 0.1) is 12.8 Å². The molecule has 1 saturated heterocycles. The Morgan fingerprint density at radius 1 is 1.19 bits per heavy atom. The highest BCUT2D eigenvalue weighted by atomic mass is 16.5. The number of aryl methyl sites for hydroxylation is 2. The van der Waals surface area contributed by atoms with Gasteiger partial charge in [-0.15, -0.1) is 0 Å². The maximum absolute atomic E-state index is 12.9. The lowest BCUT2D eigenvalue weighted by atomic mass is 9.88. The molecule has 0 spiro atoms. The van der Waals surface area contributed by atoms with Gasteiger partial charge in [-0.05, 0) is 31.2 Å². The Labute approximate surface area is 155 Å². The normalized spacial score (nSPS) is 20.8. The fourth-order valence-electron chi connectivity index (χ4n) is 3.96. The molecule has 138 valence electrons. The molecule has 0 bridgehead atoms. The number of fused-ring (bicyclic) bond motifs is 1. The number of rotatable bonds is 3. The summed E-state index contributed by atoms with van der Waals surface area (Å²) in [7, 11) is 0. The standard InChI is InChI=1S/C21H27N3O2/c1-15-3-6-17(7-4-15)14-23-9-11-24(12-10-23)21(25)20-18-13-16(2)5-8-19(18)26-22-20/h3-4,6-7,16H,5,8-14H2,1-2H3. The number of carbonyl (C=O) groups is 1. The second-order valence-electron chi connectivity index (χ2n) is 7.83. The number of piperazine rings is 1. The van der Waals surface area contributed by atoms with E-state index in [9.17, 15) is 4.79 Å². The fraction of sp³-hybridized carbons (Fsp3) is 0.524. The number of amides is 1. The van der Waals surface area contributed by atoms with Crippen LogP contribution in [0.4, 0.5) is 0 Å². The molecular weight excluding hydrogens is 326 g/mol. The van der Waals surface area contributed by atoms with Gasteiger partial charge in [-0.3, -0.25) is 9.69 Å². The number of carbonyl (C=O) groups excluding carboxylic acids is 1. The molecule has 1 aliphatic carbocycles. The van der Waals surface area contributed by atoms with Crippen LogP contribution in [0.3, 0.4) is 0 Å². The van der Waals surface area contributed by atoms with Crippen LogP contribution in [-0.4, -0.2) is 47.0 Å². The summed E-state index contributed by atoms with van der Waals surface area (Å²) in [4.78, 5) is 17.3. The van der Waals surface area contributed by atoms with Gasteiger partial charge in [0, 0.05) is 44.7 Å². The largest absolute Gasteiger partial charge is 0.360 e. The predicted molar refractivity (Wildman–Crippen MR) is 100 cm³/mol. The van der Waals surface area contributed by atoms with Gasteiger partial charge in [0.15, 0.2) is 5.69 Å².